The summed E-state index contributed by atoms with van der Waals surface area (Å²) in [5.74, 6) is -0.982. The second-order valence-corrected chi connectivity index (χ2v) is 6.86. The third-order valence-corrected chi connectivity index (χ3v) is 4.71. The molecule has 2 aromatic rings. The van der Waals surface area contributed by atoms with E-state index in [2.05, 4.69) is 5.32 Å². The summed E-state index contributed by atoms with van der Waals surface area (Å²) in [6, 6.07) is 9.48. The number of amides is 1. The number of thioether (sulfide) groups is 1. The van der Waals surface area contributed by atoms with Crippen LogP contribution in [-0.4, -0.2) is 22.7 Å². The summed E-state index contributed by atoms with van der Waals surface area (Å²) in [6.07, 6.45) is 0. The Kier molecular flexibility index (Phi) is 5.03. The number of carboxylic acids is 1. The van der Waals surface area contributed by atoms with Gasteiger partial charge in [-0.15, -0.1) is 23.1 Å². The van der Waals surface area contributed by atoms with Crippen molar-refractivity contribution < 1.29 is 14.7 Å². The van der Waals surface area contributed by atoms with Crippen molar-refractivity contribution in [3.8, 4) is 0 Å². The molecule has 0 aliphatic rings. The van der Waals surface area contributed by atoms with Gasteiger partial charge in [0.25, 0.3) is 0 Å². The van der Waals surface area contributed by atoms with Crippen LogP contribution in [0.3, 0.4) is 0 Å². The molecule has 21 heavy (non-hydrogen) atoms. The van der Waals surface area contributed by atoms with Gasteiger partial charge in [0.15, 0.2) is 0 Å². The fraction of sp³-hybridized carbons (Fsp3) is 0.200. The molecule has 2 rings (SSSR count). The number of rotatable bonds is 5. The molecule has 0 atom stereocenters. The highest BCUT2D eigenvalue weighted by Crippen LogP contribution is 2.28. The fourth-order valence-corrected chi connectivity index (χ4v) is 3.33. The first kappa shape index (κ1) is 15.6. The zero-order chi connectivity index (χ0) is 15.4. The van der Waals surface area contributed by atoms with Crippen molar-refractivity contribution in [2.24, 2.45) is 0 Å². The van der Waals surface area contributed by atoms with Crippen molar-refractivity contribution >= 4 is 40.0 Å². The van der Waals surface area contributed by atoms with E-state index in [4.69, 9.17) is 5.11 Å². The molecule has 4 nitrogen and oxygen atoms in total. The first-order valence-corrected chi connectivity index (χ1v) is 8.09. The minimum atomic E-state index is -1.03. The Morgan fingerprint density at radius 3 is 2.52 bits per heavy atom. The predicted octanol–water partition coefficient (Wildman–Crippen LogP) is 3.79. The summed E-state index contributed by atoms with van der Waals surface area (Å²) in [4.78, 5) is 24.9. The molecule has 6 heteroatoms. The van der Waals surface area contributed by atoms with E-state index in [0.29, 0.717) is 5.00 Å². The number of thiophene rings is 1. The molecule has 0 saturated carbocycles. The van der Waals surface area contributed by atoms with E-state index < -0.39 is 5.97 Å². The summed E-state index contributed by atoms with van der Waals surface area (Å²) in [5, 5.41) is 12.1. The maximum Gasteiger partial charge on any atom is 0.338 e. The lowest BCUT2D eigenvalue weighted by atomic mass is 10.2. The zero-order valence-corrected chi connectivity index (χ0v) is 13.3. The molecule has 0 radical (unpaired) electrons. The average molecular weight is 321 g/mol. The summed E-state index contributed by atoms with van der Waals surface area (Å²) in [6.45, 7) is 3.82. The van der Waals surface area contributed by atoms with Crippen molar-refractivity contribution in [1.29, 1.82) is 0 Å². The number of nitrogens with one attached hydrogen (secondary N) is 1. The minimum Gasteiger partial charge on any atom is -0.478 e. The standard InChI is InChI=1S/C15H15NO3S2/c1-9-3-5-11(6-4-9)20-8-13(17)16-14-12(15(18)19)7-10(2)21-14/h3-7H,8H2,1-2H3,(H,16,17)(H,18,19). The van der Waals surface area contributed by atoms with E-state index in [-0.39, 0.29) is 17.2 Å². The normalized spacial score (nSPS) is 10.4. The van der Waals surface area contributed by atoms with Gasteiger partial charge in [0.05, 0.1) is 11.3 Å². The molecular formula is C15H15NO3S2. The molecule has 1 aromatic carbocycles. The third kappa shape index (κ3) is 4.34. The van der Waals surface area contributed by atoms with Gasteiger partial charge < -0.3 is 10.4 Å². The number of carbonyl (C=O) groups is 2. The van der Waals surface area contributed by atoms with Gasteiger partial charge in [-0.05, 0) is 32.0 Å². The molecule has 0 saturated heterocycles. The first-order chi connectivity index (χ1) is 9.95. The van der Waals surface area contributed by atoms with Crippen LogP contribution < -0.4 is 5.32 Å². The monoisotopic (exact) mass is 321 g/mol. The molecule has 0 fully saturated rings. The van der Waals surface area contributed by atoms with Crippen LogP contribution in [0.2, 0.25) is 0 Å². The van der Waals surface area contributed by atoms with Crippen molar-refractivity contribution in [3.63, 3.8) is 0 Å². The van der Waals surface area contributed by atoms with Crippen LogP contribution in [0.25, 0.3) is 0 Å². The Balaban J connectivity index is 1.96. The number of carbonyl (C=O) groups excluding carboxylic acids is 1. The summed E-state index contributed by atoms with van der Waals surface area (Å²) < 4.78 is 0. The number of benzene rings is 1. The molecule has 1 aromatic heterocycles. The van der Waals surface area contributed by atoms with Gasteiger partial charge in [-0.2, -0.15) is 0 Å². The Bertz CT molecular complexity index is 662. The van der Waals surface area contributed by atoms with E-state index in [9.17, 15) is 9.59 Å². The number of aryl methyl sites for hydroxylation is 2. The maximum atomic E-state index is 11.9. The molecule has 0 aliphatic heterocycles. The Labute approximate surface area is 131 Å². The van der Waals surface area contributed by atoms with E-state index in [1.807, 2.05) is 38.1 Å². The van der Waals surface area contributed by atoms with Crippen LogP contribution in [-0.2, 0) is 4.79 Å². The molecule has 1 amide bonds. The SMILES string of the molecule is Cc1ccc(SCC(=O)Nc2sc(C)cc2C(=O)O)cc1. The highest BCUT2D eigenvalue weighted by Gasteiger charge is 2.15. The fourth-order valence-electron chi connectivity index (χ4n) is 1.71. The van der Waals surface area contributed by atoms with Crippen LogP contribution in [0.4, 0.5) is 5.00 Å². The van der Waals surface area contributed by atoms with Crippen LogP contribution in [0.1, 0.15) is 20.8 Å². The molecule has 110 valence electrons. The number of anilines is 1. The number of carboxylic acid groups (broad SMARTS) is 1. The quantitative estimate of drug-likeness (QED) is 0.822. The lowest BCUT2D eigenvalue weighted by molar-refractivity contribution is -0.113. The summed E-state index contributed by atoms with van der Waals surface area (Å²) in [7, 11) is 0. The van der Waals surface area contributed by atoms with E-state index >= 15 is 0 Å². The Hall–Kier alpha value is -1.79. The van der Waals surface area contributed by atoms with Gasteiger partial charge in [-0.1, -0.05) is 17.7 Å². The number of aromatic carboxylic acids is 1. The second kappa shape index (κ2) is 6.78. The lowest BCUT2D eigenvalue weighted by Gasteiger charge is -2.04. The predicted molar refractivity (Wildman–Crippen MR) is 86.5 cm³/mol. The lowest BCUT2D eigenvalue weighted by Crippen LogP contribution is -2.15. The highest BCUT2D eigenvalue weighted by molar-refractivity contribution is 8.00. The third-order valence-electron chi connectivity index (χ3n) is 2.73. The maximum absolute atomic E-state index is 11.9. The van der Waals surface area contributed by atoms with E-state index in [1.165, 1.54) is 28.7 Å². The topological polar surface area (TPSA) is 66.4 Å². The van der Waals surface area contributed by atoms with Gasteiger partial charge in [0, 0.05) is 9.77 Å². The highest BCUT2D eigenvalue weighted by atomic mass is 32.2. The molecule has 0 bridgehead atoms. The number of hydrogen-bond acceptors (Lipinski definition) is 4. The van der Waals surface area contributed by atoms with Crippen LogP contribution >= 0.6 is 23.1 Å². The van der Waals surface area contributed by atoms with Gasteiger partial charge in [0.2, 0.25) is 5.91 Å². The summed E-state index contributed by atoms with van der Waals surface area (Å²) >= 11 is 2.70. The Morgan fingerprint density at radius 2 is 1.90 bits per heavy atom. The smallest absolute Gasteiger partial charge is 0.338 e. The Morgan fingerprint density at radius 1 is 1.24 bits per heavy atom. The molecule has 2 N–H and O–H groups in total. The van der Waals surface area contributed by atoms with Crippen molar-refractivity contribution in [1.82, 2.24) is 0 Å². The largest absolute Gasteiger partial charge is 0.478 e. The van der Waals surface area contributed by atoms with Gasteiger partial charge >= 0.3 is 5.97 Å². The first-order valence-electron chi connectivity index (χ1n) is 6.29. The van der Waals surface area contributed by atoms with Crippen molar-refractivity contribution in [3.05, 3.63) is 46.3 Å². The van der Waals surface area contributed by atoms with E-state index in [1.54, 1.807) is 6.07 Å². The van der Waals surface area contributed by atoms with Gasteiger partial charge in [-0.25, -0.2) is 4.79 Å². The van der Waals surface area contributed by atoms with Crippen molar-refractivity contribution in [2.75, 3.05) is 11.1 Å². The van der Waals surface area contributed by atoms with Gasteiger partial charge in [-0.3, -0.25) is 4.79 Å². The zero-order valence-electron chi connectivity index (χ0n) is 11.7. The summed E-state index contributed by atoms with van der Waals surface area (Å²) in [5.41, 5.74) is 1.31. The molecule has 0 unspecified atom stereocenters. The van der Waals surface area contributed by atoms with Crippen LogP contribution in [0.5, 0.6) is 0 Å². The van der Waals surface area contributed by atoms with Crippen LogP contribution in [0, 0.1) is 13.8 Å². The van der Waals surface area contributed by atoms with Crippen LogP contribution in [0.15, 0.2) is 35.2 Å². The minimum absolute atomic E-state index is 0.145. The van der Waals surface area contributed by atoms with Crippen molar-refractivity contribution in [2.45, 2.75) is 18.7 Å². The molecular weight excluding hydrogens is 306 g/mol. The van der Waals surface area contributed by atoms with E-state index in [0.717, 1.165) is 9.77 Å². The number of hydrogen-bond donors (Lipinski definition) is 2. The average Bonchev–Trinajstić information content (AvgIpc) is 2.79. The molecule has 0 spiro atoms. The molecule has 1 heterocycles. The van der Waals surface area contributed by atoms with Gasteiger partial charge in [0.1, 0.15) is 5.00 Å². The molecule has 0 aliphatic carbocycles. The second-order valence-electron chi connectivity index (χ2n) is 4.55.